The fraction of sp³-hybridized carbons (Fsp3) is 0.560. The van der Waals surface area contributed by atoms with Gasteiger partial charge in [-0.3, -0.25) is 4.79 Å². The molecule has 2 heterocycles. The number of nitrogens with zero attached hydrogens (tertiary/aromatic N) is 4. The molecule has 0 radical (unpaired) electrons. The molecule has 1 amide bonds. The summed E-state index contributed by atoms with van der Waals surface area (Å²) in [5.74, 6) is 3.68. The third-order valence-electron chi connectivity index (χ3n) is 6.88. The van der Waals surface area contributed by atoms with E-state index in [1.165, 1.54) is 17.4 Å². The molecule has 2 aromatic rings. The zero-order valence-electron chi connectivity index (χ0n) is 19.7. The van der Waals surface area contributed by atoms with Crippen LogP contribution in [0.5, 0.6) is 11.5 Å². The van der Waals surface area contributed by atoms with E-state index in [4.69, 9.17) is 9.47 Å². The summed E-state index contributed by atoms with van der Waals surface area (Å²) in [6.07, 6.45) is 8.07. The Morgan fingerprint density at radius 2 is 1.91 bits per heavy atom. The van der Waals surface area contributed by atoms with Crippen molar-refractivity contribution in [2.75, 3.05) is 45.8 Å². The van der Waals surface area contributed by atoms with Crippen LogP contribution in [0, 0.1) is 23.6 Å². The van der Waals surface area contributed by atoms with Crippen LogP contribution < -0.4 is 14.4 Å². The summed E-state index contributed by atoms with van der Waals surface area (Å²) in [4.78, 5) is 24.3. The lowest BCUT2D eigenvalue weighted by Gasteiger charge is -2.32. The number of hydrogen-bond donors (Lipinski definition) is 0. The number of carbonyl (C=O) groups excluding carboxylic acids is 1. The van der Waals surface area contributed by atoms with Crippen molar-refractivity contribution in [1.82, 2.24) is 14.9 Å². The first-order chi connectivity index (χ1) is 15.9. The maximum Gasteiger partial charge on any atom is 0.226 e. The van der Waals surface area contributed by atoms with Crippen molar-refractivity contribution in [2.45, 2.75) is 32.1 Å². The van der Waals surface area contributed by atoms with Gasteiger partial charge in [0.1, 0.15) is 11.6 Å². The summed E-state index contributed by atoms with van der Waals surface area (Å²) in [5, 5.41) is 0. The zero-order valence-corrected chi connectivity index (χ0v) is 19.7. The lowest BCUT2D eigenvalue weighted by molar-refractivity contribution is -0.128. The van der Waals surface area contributed by atoms with Crippen LogP contribution in [0.2, 0.25) is 0 Å². The number of likely N-dealkylation sites (N-methyl/N-ethyl adjacent to an activating group) is 1. The minimum Gasteiger partial charge on any atom is -0.494 e. The summed E-state index contributed by atoms with van der Waals surface area (Å²) in [5.41, 5.74) is 0.398. The number of carbonyl (C=O) groups is 1. The Morgan fingerprint density at radius 1 is 1.18 bits per heavy atom. The predicted molar refractivity (Wildman–Crippen MR) is 124 cm³/mol. The monoisotopic (exact) mass is 456 g/mol. The van der Waals surface area contributed by atoms with Crippen molar-refractivity contribution in [3.05, 3.63) is 42.0 Å². The van der Waals surface area contributed by atoms with Crippen LogP contribution in [-0.2, 0) is 11.2 Å². The molecule has 1 saturated carbocycles. The average molecular weight is 457 g/mol. The zero-order chi connectivity index (χ0) is 23.4. The van der Waals surface area contributed by atoms with Crippen molar-refractivity contribution >= 4 is 11.9 Å². The third kappa shape index (κ3) is 5.92. The van der Waals surface area contributed by atoms with E-state index in [9.17, 15) is 9.18 Å². The maximum atomic E-state index is 14.3. The van der Waals surface area contributed by atoms with Crippen LogP contribution in [-0.4, -0.2) is 61.7 Å². The predicted octanol–water partition coefficient (Wildman–Crippen LogP) is 3.58. The van der Waals surface area contributed by atoms with Crippen LogP contribution in [0.1, 0.15) is 31.2 Å². The minimum atomic E-state index is -0.389. The molecule has 4 rings (SSSR count). The summed E-state index contributed by atoms with van der Waals surface area (Å²) in [6.45, 7) is 2.56. The molecule has 7 nitrogen and oxygen atoms in total. The molecule has 33 heavy (non-hydrogen) atoms. The van der Waals surface area contributed by atoms with E-state index < -0.39 is 0 Å². The van der Waals surface area contributed by atoms with Crippen molar-refractivity contribution in [3.63, 3.8) is 0 Å². The number of anilines is 1. The van der Waals surface area contributed by atoms with E-state index in [-0.39, 0.29) is 18.1 Å². The van der Waals surface area contributed by atoms with Crippen LogP contribution in [0.3, 0.4) is 0 Å². The molecule has 2 aliphatic rings. The minimum absolute atomic E-state index is 0.0618. The summed E-state index contributed by atoms with van der Waals surface area (Å²) < 4.78 is 25.2. The van der Waals surface area contributed by atoms with Crippen molar-refractivity contribution in [3.8, 4) is 11.5 Å². The molecule has 0 N–H and O–H groups in total. The van der Waals surface area contributed by atoms with Gasteiger partial charge in [0, 0.05) is 33.3 Å². The number of benzene rings is 1. The highest BCUT2D eigenvalue weighted by Gasteiger charge is 2.43. The molecule has 1 aromatic carbocycles. The largest absolute Gasteiger partial charge is 0.494 e. The molecule has 0 spiro atoms. The maximum absolute atomic E-state index is 14.3. The first-order valence-corrected chi connectivity index (χ1v) is 11.7. The van der Waals surface area contributed by atoms with Gasteiger partial charge in [0.25, 0.3) is 0 Å². The van der Waals surface area contributed by atoms with Crippen molar-refractivity contribution < 1.29 is 18.7 Å². The van der Waals surface area contributed by atoms with Gasteiger partial charge in [0.2, 0.25) is 11.9 Å². The molecule has 1 aromatic heterocycles. The quantitative estimate of drug-likeness (QED) is 0.575. The second-order valence-corrected chi connectivity index (χ2v) is 9.26. The van der Waals surface area contributed by atoms with Crippen molar-refractivity contribution in [2.24, 2.45) is 17.8 Å². The second-order valence-electron chi connectivity index (χ2n) is 9.26. The van der Waals surface area contributed by atoms with Crippen LogP contribution in [0.25, 0.3) is 0 Å². The molecule has 2 unspecified atom stereocenters. The molecule has 0 bridgehead atoms. The number of ether oxygens (including phenoxy) is 2. The summed E-state index contributed by atoms with van der Waals surface area (Å²) in [6, 6.07) is 4.79. The van der Waals surface area contributed by atoms with Gasteiger partial charge in [0.15, 0.2) is 5.75 Å². The lowest BCUT2D eigenvalue weighted by Crippen LogP contribution is -2.35. The van der Waals surface area contributed by atoms with E-state index in [1.54, 1.807) is 45.7 Å². The fourth-order valence-electron chi connectivity index (χ4n) is 4.70. The molecule has 8 heteroatoms. The average Bonchev–Trinajstić information content (AvgIpc) is 3.60. The molecular formula is C25H33FN4O3. The smallest absolute Gasteiger partial charge is 0.226 e. The normalized spacial score (nSPS) is 20.4. The topological polar surface area (TPSA) is 67.8 Å². The lowest BCUT2D eigenvalue weighted by atomic mass is 9.90. The number of piperidine rings is 1. The van der Waals surface area contributed by atoms with Gasteiger partial charge in [-0.2, -0.15) is 0 Å². The first kappa shape index (κ1) is 23.3. The van der Waals surface area contributed by atoms with E-state index >= 15 is 0 Å². The number of aromatic nitrogens is 2. The number of amides is 1. The van der Waals surface area contributed by atoms with Gasteiger partial charge >= 0.3 is 0 Å². The number of halogens is 1. The Kier molecular flexibility index (Phi) is 7.30. The van der Waals surface area contributed by atoms with Gasteiger partial charge in [-0.15, -0.1) is 0 Å². The van der Waals surface area contributed by atoms with Crippen molar-refractivity contribution in [1.29, 1.82) is 0 Å². The molecule has 1 aliphatic heterocycles. The van der Waals surface area contributed by atoms with Crippen LogP contribution in [0.15, 0.2) is 30.6 Å². The van der Waals surface area contributed by atoms with Gasteiger partial charge in [-0.05, 0) is 55.1 Å². The van der Waals surface area contributed by atoms with E-state index in [1.807, 2.05) is 0 Å². The molecule has 1 aliphatic carbocycles. The SMILES string of the molecule is COc1cnc(N2CCC(C3CC3CCOc3ccc(CC(=O)N(C)C)c(F)c3)CC2)nc1. The summed E-state index contributed by atoms with van der Waals surface area (Å²) >= 11 is 0. The Bertz CT molecular complexity index is 945. The van der Waals surface area contributed by atoms with Gasteiger partial charge in [-0.1, -0.05) is 6.07 Å². The number of rotatable bonds is 9. The van der Waals surface area contributed by atoms with Crippen LogP contribution >= 0.6 is 0 Å². The highest BCUT2D eigenvalue weighted by atomic mass is 19.1. The number of methoxy groups -OCH3 is 1. The van der Waals surface area contributed by atoms with E-state index in [2.05, 4.69) is 14.9 Å². The molecule has 1 saturated heterocycles. The highest BCUT2D eigenvalue weighted by molar-refractivity contribution is 5.78. The third-order valence-corrected chi connectivity index (χ3v) is 6.88. The Labute approximate surface area is 194 Å². The van der Waals surface area contributed by atoms with Gasteiger partial charge in [0.05, 0.1) is 32.5 Å². The number of hydrogen-bond acceptors (Lipinski definition) is 6. The summed E-state index contributed by atoms with van der Waals surface area (Å²) in [7, 11) is 4.95. The molecule has 2 fully saturated rings. The van der Waals surface area contributed by atoms with Gasteiger partial charge in [-0.25, -0.2) is 14.4 Å². The highest BCUT2D eigenvalue weighted by Crippen LogP contribution is 2.49. The standard InChI is InChI=1S/C25H33FN4O3/c1-29(2)24(31)13-19-4-5-20(14-23(19)26)33-11-8-18-12-22(18)17-6-9-30(10-7-17)25-27-15-21(32-3)16-28-25/h4-5,14-18,22H,6-13H2,1-3H3. The first-order valence-electron chi connectivity index (χ1n) is 11.7. The Balaban J connectivity index is 1.17. The Morgan fingerprint density at radius 3 is 2.55 bits per heavy atom. The van der Waals surface area contributed by atoms with Gasteiger partial charge < -0.3 is 19.3 Å². The molecular weight excluding hydrogens is 423 g/mol. The Hall–Kier alpha value is -2.90. The second kappa shape index (κ2) is 10.4. The molecule has 178 valence electrons. The van der Waals surface area contributed by atoms with Crippen LogP contribution in [0.4, 0.5) is 10.3 Å². The molecule has 2 atom stereocenters. The van der Waals surface area contributed by atoms with E-state index in [0.29, 0.717) is 29.6 Å². The van der Waals surface area contributed by atoms with E-state index in [0.717, 1.165) is 50.1 Å². The fourth-order valence-corrected chi connectivity index (χ4v) is 4.70.